The van der Waals surface area contributed by atoms with Gasteiger partial charge in [0.05, 0.1) is 12.0 Å². The molecule has 5 heteroatoms. The van der Waals surface area contributed by atoms with Crippen LogP contribution in [0.2, 0.25) is 0 Å². The van der Waals surface area contributed by atoms with Crippen LogP contribution < -0.4 is 5.32 Å². The zero-order valence-corrected chi connectivity index (χ0v) is 19.1. The van der Waals surface area contributed by atoms with Crippen LogP contribution in [0.3, 0.4) is 0 Å². The number of hydrogen-bond donors (Lipinski definition) is 1. The van der Waals surface area contributed by atoms with Crippen molar-refractivity contribution in [3.8, 4) is 0 Å². The summed E-state index contributed by atoms with van der Waals surface area (Å²) in [6.45, 7) is 2.54. The van der Waals surface area contributed by atoms with Crippen molar-refractivity contribution in [3.05, 3.63) is 93.2 Å². The molecule has 1 fully saturated rings. The molecule has 164 valence electrons. The Kier molecular flexibility index (Phi) is 5.83. The van der Waals surface area contributed by atoms with Gasteiger partial charge in [-0.2, -0.15) is 0 Å². The maximum absolute atomic E-state index is 13.7. The second kappa shape index (κ2) is 8.91. The molecule has 2 heterocycles. The van der Waals surface area contributed by atoms with Gasteiger partial charge in [-0.25, -0.2) is 0 Å². The monoisotopic (exact) mass is 444 g/mol. The van der Waals surface area contributed by atoms with E-state index in [4.69, 9.17) is 0 Å². The van der Waals surface area contributed by atoms with Crippen LogP contribution in [0.25, 0.3) is 0 Å². The van der Waals surface area contributed by atoms with Gasteiger partial charge in [-0.05, 0) is 48.4 Å². The second-order valence-electron chi connectivity index (χ2n) is 8.88. The Labute approximate surface area is 193 Å². The van der Waals surface area contributed by atoms with Gasteiger partial charge in [0.25, 0.3) is 5.91 Å². The van der Waals surface area contributed by atoms with Crippen LogP contribution in [0.5, 0.6) is 0 Å². The molecule has 3 aromatic rings. The molecule has 2 unspecified atom stereocenters. The third kappa shape index (κ3) is 3.86. The minimum absolute atomic E-state index is 0.0214. The molecule has 1 aromatic heterocycles. The van der Waals surface area contributed by atoms with Crippen molar-refractivity contribution in [2.45, 2.75) is 57.2 Å². The van der Waals surface area contributed by atoms with Crippen molar-refractivity contribution in [3.63, 3.8) is 0 Å². The van der Waals surface area contributed by atoms with Gasteiger partial charge in [-0.15, -0.1) is 11.3 Å². The molecular formula is C27H28N2O2S. The van der Waals surface area contributed by atoms with Crippen LogP contribution in [0.4, 0.5) is 0 Å². The Bertz CT molecular complexity index is 1100. The Morgan fingerprint density at radius 1 is 1.03 bits per heavy atom. The van der Waals surface area contributed by atoms with Gasteiger partial charge in [-0.3, -0.25) is 9.59 Å². The van der Waals surface area contributed by atoms with E-state index in [-0.39, 0.29) is 23.9 Å². The third-order valence-electron chi connectivity index (χ3n) is 6.80. The van der Waals surface area contributed by atoms with Crippen LogP contribution >= 0.6 is 11.3 Å². The van der Waals surface area contributed by atoms with Crippen LogP contribution in [0.15, 0.2) is 66.0 Å². The number of fused-ring (bicyclic) bond motifs is 1. The summed E-state index contributed by atoms with van der Waals surface area (Å²) in [6, 6.07) is 19.9. The third-order valence-corrected chi connectivity index (χ3v) is 7.74. The van der Waals surface area contributed by atoms with Crippen molar-refractivity contribution in [2.75, 3.05) is 0 Å². The molecule has 4 nitrogen and oxygen atoms in total. The Balaban J connectivity index is 1.53. The van der Waals surface area contributed by atoms with Crippen molar-refractivity contribution in [2.24, 2.45) is 0 Å². The Hall–Kier alpha value is -2.92. The van der Waals surface area contributed by atoms with Gasteiger partial charge >= 0.3 is 0 Å². The number of rotatable bonds is 5. The quantitative estimate of drug-likeness (QED) is 0.557. The molecule has 5 rings (SSSR count). The maximum atomic E-state index is 13.7. The summed E-state index contributed by atoms with van der Waals surface area (Å²) in [5.41, 5.74) is 3.78. The molecule has 0 spiro atoms. The summed E-state index contributed by atoms with van der Waals surface area (Å²) in [6.07, 6.45) is 4.29. The number of carbonyl (C=O) groups is 2. The van der Waals surface area contributed by atoms with Gasteiger partial charge < -0.3 is 10.2 Å². The van der Waals surface area contributed by atoms with Crippen molar-refractivity contribution in [1.82, 2.24) is 10.2 Å². The van der Waals surface area contributed by atoms with E-state index in [0.29, 0.717) is 12.1 Å². The molecule has 0 radical (unpaired) electrons. The smallest absolute Gasteiger partial charge is 0.254 e. The van der Waals surface area contributed by atoms with E-state index >= 15 is 0 Å². The lowest BCUT2D eigenvalue weighted by Crippen LogP contribution is -2.50. The SMILES string of the molecule is Cc1ccc(CNC(=O)C2c3ccccc3C(=O)N(C3CCCC3)C2c2cccs2)cc1. The first-order valence-corrected chi connectivity index (χ1v) is 12.3. The molecule has 1 N–H and O–H groups in total. The zero-order chi connectivity index (χ0) is 22.1. The molecule has 32 heavy (non-hydrogen) atoms. The number of amides is 2. The molecule has 0 bridgehead atoms. The zero-order valence-electron chi connectivity index (χ0n) is 18.3. The van der Waals surface area contributed by atoms with Gasteiger partial charge in [0, 0.05) is 23.0 Å². The molecular weight excluding hydrogens is 416 g/mol. The van der Waals surface area contributed by atoms with Crippen molar-refractivity contribution in [1.29, 1.82) is 0 Å². The topological polar surface area (TPSA) is 49.4 Å². The van der Waals surface area contributed by atoms with Gasteiger partial charge in [0.2, 0.25) is 5.91 Å². The number of thiophene rings is 1. The van der Waals surface area contributed by atoms with E-state index < -0.39 is 5.92 Å². The van der Waals surface area contributed by atoms with Crippen LogP contribution in [0, 0.1) is 6.92 Å². The standard InChI is InChI=1S/C27H28N2O2S/c1-18-12-14-19(15-13-18)17-28-26(30)24-21-9-4-5-10-22(21)27(31)29(20-7-2-3-8-20)25(24)23-11-6-16-32-23/h4-6,9-16,20,24-25H,2-3,7-8,17H2,1H3,(H,28,30). The summed E-state index contributed by atoms with van der Waals surface area (Å²) < 4.78 is 0. The molecule has 1 saturated carbocycles. The lowest BCUT2D eigenvalue weighted by atomic mass is 9.80. The van der Waals surface area contributed by atoms with E-state index in [0.717, 1.165) is 41.7 Å². The number of hydrogen-bond acceptors (Lipinski definition) is 3. The number of aryl methyl sites for hydroxylation is 1. The summed E-state index contributed by atoms with van der Waals surface area (Å²) in [5.74, 6) is -0.381. The van der Waals surface area contributed by atoms with Crippen molar-refractivity contribution >= 4 is 23.2 Å². The summed E-state index contributed by atoms with van der Waals surface area (Å²) in [5, 5.41) is 5.21. The minimum Gasteiger partial charge on any atom is -0.351 e. The normalized spacial score (nSPS) is 20.9. The summed E-state index contributed by atoms with van der Waals surface area (Å²) in [4.78, 5) is 30.5. The number of carbonyl (C=O) groups excluding carboxylic acids is 2. The van der Waals surface area contributed by atoms with Crippen LogP contribution in [0.1, 0.15) is 69.6 Å². The highest BCUT2D eigenvalue weighted by atomic mass is 32.1. The summed E-state index contributed by atoms with van der Waals surface area (Å²) in [7, 11) is 0. The molecule has 0 saturated heterocycles. The maximum Gasteiger partial charge on any atom is 0.254 e. The fraction of sp³-hybridized carbons (Fsp3) is 0.333. The lowest BCUT2D eigenvalue weighted by molar-refractivity contribution is -0.124. The highest BCUT2D eigenvalue weighted by molar-refractivity contribution is 7.10. The number of nitrogens with one attached hydrogen (secondary N) is 1. The molecule has 1 aliphatic carbocycles. The van der Waals surface area contributed by atoms with E-state index in [9.17, 15) is 9.59 Å². The first-order valence-electron chi connectivity index (χ1n) is 11.4. The average Bonchev–Trinajstić information content (AvgIpc) is 3.53. The first-order chi connectivity index (χ1) is 15.6. The lowest BCUT2D eigenvalue weighted by Gasteiger charge is -2.44. The molecule has 2 atom stereocenters. The van der Waals surface area contributed by atoms with Crippen LogP contribution in [-0.2, 0) is 11.3 Å². The minimum atomic E-state index is -0.423. The molecule has 2 amide bonds. The average molecular weight is 445 g/mol. The highest BCUT2D eigenvalue weighted by Gasteiger charge is 2.47. The van der Waals surface area contributed by atoms with Gasteiger partial charge in [0.15, 0.2) is 0 Å². The Morgan fingerprint density at radius 2 is 1.78 bits per heavy atom. The predicted octanol–water partition coefficient (Wildman–Crippen LogP) is 5.60. The summed E-state index contributed by atoms with van der Waals surface area (Å²) >= 11 is 1.63. The predicted molar refractivity (Wildman–Crippen MR) is 128 cm³/mol. The molecule has 1 aliphatic heterocycles. The fourth-order valence-corrected chi connectivity index (χ4v) is 6.05. The van der Waals surface area contributed by atoms with Crippen LogP contribution in [-0.4, -0.2) is 22.8 Å². The van der Waals surface area contributed by atoms with E-state index in [1.807, 2.05) is 40.6 Å². The van der Waals surface area contributed by atoms with Gasteiger partial charge in [-0.1, -0.05) is 66.9 Å². The van der Waals surface area contributed by atoms with E-state index in [2.05, 4.69) is 42.6 Å². The van der Waals surface area contributed by atoms with E-state index in [1.165, 1.54) is 5.56 Å². The Morgan fingerprint density at radius 3 is 2.50 bits per heavy atom. The van der Waals surface area contributed by atoms with Gasteiger partial charge in [0.1, 0.15) is 0 Å². The number of benzene rings is 2. The second-order valence-corrected chi connectivity index (χ2v) is 9.86. The fourth-order valence-electron chi connectivity index (χ4n) is 5.19. The molecule has 2 aliphatic rings. The molecule has 2 aromatic carbocycles. The van der Waals surface area contributed by atoms with Crippen molar-refractivity contribution < 1.29 is 9.59 Å². The first kappa shape index (κ1) is 21.0. The highest BCUT2D eigenvalue weighted by Crippen LogP contribution is 2.47. The van der Waals surface area contributed by atoms with E-state index in [1.54, 1.807) is 11.3 Å². The number of nitrogens with zero attached hydrogens (tertiary/aromatic N) is 1. The largest absolute Gasteiger partial charge is 0.351 e.